The van der Waals surface area contributed by atoms with Crippen molar-refractivity contribution in [3.63, 3.8) is 0 Å². The number of halogens is 1. The molecule has 3 nitrogen and oxygen atoms in total. The van der Waals surface area contributed by atoms with Crippen molar-refractivity contribution in [1.29, 1.82) is 0 Å². The van der Waals surface area contributed by atoms with Crippen molar-refractivity contribution < 1.29 is 9.53 Å². The van der Waals surface area contributed by atoms with E-state index in [4.69, 9.17) is 16.3 Å². The number of aryl methyl sites for hydroxylation is 1. The molecule has 0 bridgehead atoms. The van der Waals surface area contributed by atoms with Crippen molar-refractivity contribution in [1.82, 2.24) is 4.90 Å². The summed E-state index contributed by atoms with van der Waals surface area (Å²) in [6.07, 6.45) is 0. The Morgan fingerprint density at radius 3 is 2.82 bits per heavy atom. The van der Waals surface area contributed by atoms with E-state index in [1.54, 1.807) is 6.07 Å². The summed E-state index contributed by atoms with van der Waals surface area (Å²) in [4.78, 5) is 14.2. The minimum Gasteiger partial charge on any atom is -0.379 e. The molecule has 0 saturated carbocycles. The van der Waals surface area contributed by atoms with Gasteiger partial charge in [0.2, 0.25) is 0 Å². The summed E-state index contributed by atoms with van der Waals surface area (Å²) < 4.78 is 5.25. The third kappa shape index (κ3) is 3.28. The predicted molar refractivity (Wildman–Crippen MR) is 67.8 cm³/mol. The van der Waals surface area contributed by atoms with E-state index in [1.165, 1.54) is 0 Å². The Kier molecular flexibility index (Phi) is 4.15. The summed E-state index contributed by atoms with van der Waals surface area (Å²) in [6.45, 7) is 5.42. The molecule has 0 spiro atoms. The first-order valence-electron chi connectivity index (χ1n) is 5.76. The van der Waals surface area contributed by atoms with E-state index in [-0.39, 0.29) is 5.78 Å². The number of benzene rings is 1. The molecule has 1 aliphatic heterocycles. The van der Waals surface area contributed by atoms with E-state index >= 15 is 0 Å². The molecule has 1 aromatic rings. The summed E-state index contributed by atoms with van der Waals surface area (Å²) in [5.74, 6) is 0.0839. The van der Waals surface area contributed by atoms with Crippen LogP contribution in [-0.4, -0.2) is 43.5 Å². The summed E-state index contributed by atoms with van der Waals surface area (Å²) in [6, 6.07) is 5.54. The normalized spacial score (nSPS) is 17.1. The Balaban J connectivity index is 2.05. The van der Waals surface area contributed by atoms with Gasteiger partial charge in [-0.25, -0.2) is 0 Å². The van der Waals surface area contributed by atoms with Gasteiger partial charge in [0, 0.05) is 18.7 Å². The van der Waals surface area contributed by atoms with E-state index in [0.717, 1.165) is 18.7 Å². The van der Waals surface area contributed by atoms with Crippen molar-refractivity contribution in [3.05, 3.63) is 34.3 Å². The first-order chi connectivity index (χ1) is 8.16. The van der Waals surface area contributed by atoms with Gasteiger partial charge in [-0.1, -0.05) is 23.2 Å². The van der Waals surface area contributed by atoms with Crippen LogP contribution < -0.4 is 0 Å². The molecule has 0 amide bonds. The van der Waals surface area contributed by atoms with E-state index in [9.17, 15) is 4.79 Å². The Morgan fingerprint density at radius 1 is 1.41 bits per heavy atom. The molecule has 0 aliphatic carbocycles. The van der Waals surface area contributed by atoms with Crippen molar-refractivity contribution in [2.75, 3.05) is 32.8 Å². The molecule has 1 fully saturated rings. The maximum absolute atomic E-state index is 12.1. The molecule has 0 unspecified atom stereocenters. The van der Waals surface area contributed by atoms with E-state index in [1.807, 2.05) is 19.1 Å². The molecule has 17 heavy (non-hydrogen) atoms. The zero-order valence-electron chi connectivity index (χ0n) is 9.91. The van der Waals surface area contributed by atoms with Crippen LogP contribution in [-0.2, 0) is 4.74 Å². The molecule has 1 saturated heterocycles. The molecule has 0 aromatic heterocycles. The van der Waals surface area contributed by atoms with Crippen molar-refractivity contribution in [2.45, 2.75) is 6.92 Å². The van der Waals surface area contributed by atoms with Gasteiger partial charge in [0.15, 0.2) is 5.78 Å². The van der Waals surface area contributed by atoms with Crippen LogP contribution >= 0.6 is 11.6 Å². The third-order valence-corrected chi connectivity index (χ3v) is 3.22. The molecule has 1 aromatic carbocycles. The molecule has 4 heteroatoms. The molecule has 2 rings (SSSR count). The number of hydrogen-bond donors (Lipinski definition) is 0. The second-order valence-electron chi connectivity index (χ2n) is 4.29. The minimum atomic E-state index is 0.0839. The van der Waals surface area contributed by atoms with Crippen LogP contribution in [0.25, 0.3) is 0 Å². The molecular formula is C13H16ClNO2. The summed E-state index contributed by atoms with van der Waals surface area (Å²) in [5.41, 5.74) is 1.68. The van der Waals surface area contributed by atoms with Crippen LogP contribution in [0, 0.1) is 6.92 Å². The summed E-state index contributed by atoms with van der Waals surface area (Å²) in [7, 11) is 0. The third-order valence-electron chi connectivity index (χ3n) is 2.89. The number of ketones is 1. The molecular weight excluding hydrogens is 238 g/mol. The lowest BCUT2D eigenvalue weighted by molar-refractivity contribution is 0.0371. The van der Waals surface area contributed by atoms with Crippen LogP contribution in [0.1, 0.15) is 15.9 Å². The maximum Gasteiger partial charge on any atom is 0.178 e. The van der Waals surface area contributed by atoms with Gasteiger partial charge in [0.25, 0.3) is 0 Å². The fourth-order valence-electron chi connectivity index (χ4n) is 1.90. The fourth-order valence-corrected chi connectivity index (χ4v) is 2.12. The number of hydrogen-bond acceptors (Lipinski definition) is 3. The number of ether oxygens (including phenoxy) is 1. The Bertz CT molecular complexity index is 414. The number of morpholine rings is 1. The SMILES string of the molecule is Cc1ccc(Cl)c(C(=O)CN2CCOCC2)c1. The summed E-state index contributed by atoms with van der Waals surface area (Å²) in [5, 5.41) is 0.536. The number of nitrogens with zero attached hydrogens (tertiary/aromatic N) is 1. The lowest BCUT2D eigenvalue weighted by atomic mass is 10.1. The lowest BCUT2D eigenvalue weighted by Crippen LogP contribution is -2.39. The van der Waals surface area contributed by atoms with Gasteiger partial charge in [0.05, 0.1) is 24.8 Å². The number of Topliss-reactive ketones (excluding diaryl/α,β-unsaturated/α-hetero) is 1. The van der Waals surface area contributed by atoms with Crippen LogP contribution in [0.15, 0.2) is 18.2 Å². The van der Waals surface area contributed by atoms with E-state index < -0.39 is 0 Å². The lowest BCUT2D eigenvalue weighted by Gasteiger charge is -2.25. The molecule has 0 atom stereocenters. The molecule has 1 heterocycles. The number of rotatable bonds is 3. The largest absolute Gasteiger partial charge is 0.379 e. The second-order valence-corrected chi connectivity index (χ2v) is 4.70. The average Bonchev–Trinajstić information content (AvgIpc) is 2.33. The van der Waals surface area contributed by atoms with Gasteiger partial charge < -0.3 is 4.74 Å². The van der Waals surface area contributed by atoms with Gasteiger partial charge in [-0.05, 0) is 19.1 Å². The number of carbonyl (C=O) groups is 1. The van der Waals surface area contributed by atoms with Crippen molar-refractivity contribution >= 4 is 17.4 Å². The van der Waals surface area contributed by atoms with Crippen LogP contribution in [0.5, 0.6) is 0 Å². The van der Waals surface area contributed by atoms with Crippen molar-refractivity contribution in [3.8, 4) is 0 Å². The van der Waals surface area contributed by atoms with Gasteiger partial charge >= 0.3 is 0 Å². The Morgan fingerprint density at radius 2 is 2.12 bits per heavy atom. The highest BCUT2D eigenvalue weighted by atomic mass is 35.5. The van der Waals surface area contributed by atoms with Crippen molar-refractivity contribution in [2.24, 2.45) is 0 Å². The van der Waals surface area contributed by atoms with Crippen LogP contribution in [0.2, 0.25) is 5.02 Å². The van der Waals surface area contributed by atoms with Gasteiger partial charge in [-0.3, -0.25) is 9.69 Å². The minimum absolute atomic E-state index is 0.0839. The molecule has 0 N–H and O–H groups in total. The topological polar surface area (TPSA) is 29.5 Å². The standard InChI is InChI=1S/C13H16ClNO2/c1-10-2-3-12(14)11(8-10)13(16)9-15-4-6-17-7-5-15/h2-3,8H,4-7,9H2,1H3. The molecule has 0 radical (unpaired) electrons. The molecule has 92 valence electrons. The monoisotopic (exact) mass is 253 g/mol. The smallest absolute Gasteiger partial charge is 0.178 e. The summed E-state index contributed by atoms with van der Waals surface area (Å²) >= 11 is 6.04. The number of carbonyl (C=O) groups excluding carboxylic acids is 1. The fraction of sp³-hybridized carbons (Fsp3) is 0.462. The second kappa shape index (κ2) is 5.63. The Labute approximate surface area is 106 Å². The van der Waals surface area contributed by atoms with Crippen LogP contribution in [0.4, 0.5) is 0 Å². The zero-order valence-corrected chi connectivity index (χ0v) is 10.7. The quantitative estimate of drug-likeness (QED) is 0.774. The predicted octanol–water partition coefficient (Wildman–Crippen LogP) is 2.16. The van der Waals surface area contributed by atoms with Gasteiger partial charge in [0.1, 0.15) is 0 Å². The van der Waals surface area contributed by atoms with Gasteiger partial charge in [-0.2, -0.15) is 0 Å². The average molecular weight is 254 g/mol. The first-order valence-corrected chi connectivity index (χ1v) is 6.14. The zero-order chi connectivity index (χ0) is 12.3. The maximum atomic E-state index is 12.1. The first kappa shape index (κ1) is 12.6. The van der Waals surface area contributed by atoms with E-state index in [2.05, 4.69) is 4.90 Å². The Hall–Kier alpha value is -0.900. The van der Waals surface area contributed by atoms with Gasteiger partial charge in [-0.15, -0.1) is 0 Å². The molecule has 1 aliphatic rings. The highest BCUT2D eigenvalue weighted by Gasteiger charge is 2.17. The van der Waals surface area contributed by atoms with Crippen LogP contribution in [0.3, 0.4) is 0 Å². The highest BCUT2D eigenvalue weighted by Crippen LogP contribution is 2.18. The highest BCUT2D eigenvalue weighted by molar-refractivity contribution is 6.34. The van der Waals surface area contributed by atoms with E-state index in [0.29, 0.717) is 30.3 Å².